The van der Waals surface area contributed by atoms with Gasteiger partial charge in [-0.2, -0.15) is 0 Å². The van der Waals surface area contributed by atoms with Crippen molar-refractivity contribution in [3.05, 3.63) is 65.2 Å². The zero-order valence-corrected chi connectivity index (χ0v) is 35.4. The van der Waals surface area contributed by atoms with E-state index in [1.165, 1.54) is 13.2 Å². The van der Waals surface area contributed by atoms with Crippen molar-refractivity contribution in [3.8, 4) is 39.5 Å². The fourth-order valence-electron chi connectivity index (χ4n) is 8.34. The van der Waals surface area contributed by atoms with Gasteiger partial charge in [-0.05, 0) is 55.4 Å². The summed E-state index contributed by atoms with van der Waals surface area (Å²) in [4.78, 5) is 44.9. The first-order valence-electron chi connectivity index (χ1n) is 20.5. The lowest BCUT2D eigenvalue weighted by Crippen LogP contribution is -2.54. The molecule has 0 spiro atoms. The summed E-state index contributed by atoms with van der Waals surface area (Å²) in [6, 6.07) is 7.76. The van der Waals surface area contributed by atoms with Crippen LogP contribution in [0.1, 0.15) is 91.1 Å². The molecular weight excluding hydrogens is 777 g/mol. The molecule has 2 aliphatic heterocycles. The number of hydrogen-bond acceptors (Lipinski definition) is 9. The van der Waals surface area contributed by atoms with Crippen molar-refractivity contribution < 1.29 is 28.6 Å². The maximum Gasteiger partial charge on any atom is 0.407 e. The molecule has 14 nitrogen and oxygen atoms in total. The van der Waals surface area contributed by atoms with Gasteiger partial charge in [-0.3, -0.25) is 9.69 Å². The molecule has 0 radical (unpaired) electrons. The molecule has 16 heteroatoms. The number of likely N-dealkylation sites (tertiary alicyclic amines) is 1. The number of methoxy groups -OCH3 is 1. The minimum absolute atomic E-state index is 0.0163. The van der Waals surface area contributed by atoms with Gasteiger partial charge in [0.25, 0.3) is 0 Å². The standard InChI is InChI=1S/C43H55ClFN9O5/c1-8-14-52(41(55)37(46)22(3)4)21-33-47-19-28(49-33)24-12-13-30-26(16-24)36(44)39-35-27(45)17-25(18-32(35)59-34(9-2)54(30)39)29-20-48-40(50-29)31-11-10-15-53(31)42(56)38(23(5)6)51-43(57)58-7/h12-13,16-20,22-23,31,34,37-38,42,56H,8-11,14-15,21,46H2,1-7H3,(H,47,49)(H,48,50)(H,51,57). The number of nitrogens with one attached hydrogen (secondary N) is 3. The summed E-state index contributed by atoms with van der Waals surface area (Å²) in [6.45, 7) is 13.2. The Labute approximate surface area is 348 Å². The summed E-state index contributed by atoms with van der Waals surface area (Å²) >= 11 is 7.21. The second-order valence-electron chi connectivity index (χ2n) is 16.2. The summed E-state index contributed by atoms with van der Waals surface area (Å²) in [5.74, 6) is 0.990. The summed E-state index contributed by atoms with van der Waals surface area (Å²) in [5.41, 5.74) is 10.6. The number of aliphatic hydroxyl groups excluding tert-OH is 1. The van der Waals surface area contributed by atoms with E-state index in [1.54, 1.807) is 17.3 Å². The van der Waals surface area contributed by atoms with E-state index in [2.05, 4.69) is 25.3 Å². The number of nitrogens with two attached hydrogens (primary N) is 1. The molecule has 316 valence electrons. The van der Waals surface area contributed by atoms with Crippen LogP contribution in [0.4, 0.5) is 9.18 Å². The molecule has 5 aromatic rings. The maximum atomic E-state index is 16.5. The monoisotopic (exact) mass is 831 g/mol. The Hall–Kier alpha value is -4.96. The van der Waals surface area contributed by atoms with E-state index in [-0.39, 0.29) is 29.3 Å². The van der Waals surface area contributed by atoms with Crippen molar-refractivity contribution in [2.45, 2.75) is 104 Å². The molecule has 5 heterocycles. The second kappa shape index (κ2) is 17.3. The van der Waals surface area contributed by atoms with Crippen LogP contribution in [0.5, 0.6) is 5.75 Å². The van der Waals surface area contributed by atoms with E-state index in [4.69, 9.17) is 26.8 Å². The highest BCUT2D eigenvalue weighted by atomic mass is 35.5. The number of amides is 2. The van der Waals surface area contributed by atoms with E-state index in [0.717, 1.165) is 41.4 Å². The highest BCUT2D eigenvalue weighted by molar-refractivity contribution is 6.38. The number of carbonyl (C=O) groups excluding carboxylic acids is 2. The number of aromatic nitrogens is 5. The third-order valence-electron chi connectivity index (χ3n) is 11.6. The van der Waals surface area contributed by atoms with Crippen molar-refractivity contribution >= 4 is 34.5 Å². The number of aliphatic hydroxyl groups is 1. The van der Waals surface area contributed by atoms with Crippen LogP contribution in [-0.2, 0) is 16.1 Å². The first kappa shape index (κ1) is 42.2. The first-order valence-corrected chi connectivity index (χ1v) is 20.9. The fourth-order valence-corrected chi connectivity index (χ4v) is 8.68. The number of rotatable bonds is 14. The van der Waals surface area contributed by atoms with E-state index < -0.39 is 36.4 Å². The minimum Gasteiger partial charge on any atom is -0.469 e. The molecule has 5 unspecified atom stereocenters. The van der Waals surface area contributed by atoms with Gasteiger partial charge in [-0.1, -0.05) is 59.2 Å². The average molecular weight is 832 g/mol. The smallest absolute Gasteiger partial charge is 0.407 e. The number of H-pyrrole nitrogens is 2. The first-order chi connectivity index (χ1) is 28.3. The van der Waals surface area contributed by atoms with E-state index in [0.29, 0.717) is 65.4 Å². The molecule has 0 aliphatic carbocycles. The van der Waals surface area contributed by atoms with Gasteiger partial charge in [0.2, 0.25) is 5.91 Å². The van der Waals surface area contributed by atoms with Gasteiger partial charge in [0, 0.05) is 36.0 Å². The van der Waals surface area contributed by atoms with Crippen LogP contribution in [0.3, 0.4) is 0 Å². The Morgan fingerprint density at radius 1 is 1.10 bits per heavy atom. The van der Waals surface area contributed by atoms with Crippen LogP contribution in [0.2, 0.25) is 5.02 Å². The molecule has 3 aromatic heterocycles. The summed E-state index contributed by atoms with van der Waals surface area (Å²) in [7, 11) is 1.29. The Morgan fingerprint density at radius 3 is 2.54 bits per heavy atom. The minimum atomic E-state index is -0.979. The predicted octanol–water partition coefficient (Wildman–Crippen LogP) is 7.74. The van der Waals surface area contributed by atoms with Crippen LogP contribution < -0.4 is 15.8 Å². The number of hydrogen-bond donors (Lipinski definition) is 5. The Morgan fingerprint density at radius 2 is 1.85 bits per heavy atom. The van der Waals surface area contributed by atoms with E-state index >= 15 is 4.39 Å². The van der Waals surface area contributed by atoms with Gasteiger partial charge < -0.3 is 45.1 Å². The van der Waals surface area contributed by atoms with Crippen LogP contribution in [0.15, 0.2) is 42.7 Å². The Kier molecular flexibility index (Phi) is 12.4. The van der Waals surface area contributed by atoms with Crippen molar-refractivity contribution in [2.75, 3.05) is 20.2 Å². The molecule has 1 fully saturated rings. The third-order valence-corrected chi connectivity index (χ3v) is 12.0. The Balaban J connectivity index is 1.17. The number of ether oxygens (including phenoxy) is 2. The van der Waals surface area contributed by atoms with Crippen molar-refractivity contribution in [1.29, 1.82) is 0 Å². The van der Waals surface area contributed by atoms with Crippen LogP contribution in [0, 0.1) is 17.7 Å². The highest BCUT2D eigenvalue weighted by Gasteiger charge is 2.39. The zero-order valence-electron chi connectivity index (χ0n) is 34.7. The van der Waals surface area contributed by atoms with Crippen LogP contribution in [-0.4, -0.2) is 89.9 Å². The summed E-state index contributed by atoms with van der Waals surface area (Å²) in [5, 5.41) is 15.3. The van der Waals surface area contributed by atoms with Crippen LogP contribution >= 0.6 is 11.6 Å². The number of fused-ring (bicyclic) bond motifs is 5. The lowest BCUT2D eigenvalue weighted by Gasteiger charge is -2.35. The molecule has 7 rings (SSSR count). The van der Waals surface area contributed by atoms with Crippen molar-refractivity contribution in [2.24, 2.45) is 17.6 Å². The van der Waals surface area contributed by atoms with Crippen LogP contribution in [0.25, 0.3) is 44.7 Å². The highest BCUT2D eigenvalue weighted by Crippen LogP contribution is 2.50. The summed E-state index contributed by atoms with van der Waals surface area (Å²) in [6.07, 6.45) is 4.32. The van der Waals surface area contributed by atoms with E-state index in [1.807, 2.05) is 75.3 Å². The number of imidazole rings is 2. The molecule has 0 bridgehead atoms. The molecular formula is C43H55ClFN9O5. The number of benzene rings is 2. The Bertz CT molecular complexity index is 2320. The lowest BCUT2D eigenvalue weighted by atomic mass is 10.0. The van der Waals surface area contributed by atoms with Gasteiger partial charge in [0.15, 0.2) is 6.23 Å². The zero-order chi connectivity index (χ0) is 42.3. The lowest BCUT2D eigenvalue weighted by molar-refractivity contribution is -0.134. The van der Waals surface area contributed by atoms with Gasteiger partial charge in [-0.25, -0.2) is 19.2 Å². The van der Waals surface area contributed by atoms with Crippen molar-refractivity contribution in [3.63, 3.8) is 0 Å². The maximum absolute atomic E-state index is 16.5. The molecule has 6 N–H and O–H groups in total. The largest absolute Gasteiger partial charge is 0.469 e. The molecule has 0 saturated carbocycles. The van der Waals surface area contributed by atoms with Gasteiger partial charge >= 0.3 is 6.09 Å². The third kappa shape index (κ3) is 8.05. The molecule has 2 aliphatic rings. The SMILES string of the molecule is CCCN(Cc1ncc(-c2ccc3c(c2)c(Cl)c2n3C(CC)Oc3cc(-c4cnc(C5CCCN5C(O)C(NC(=O)OC)C(C)C)[nH]4)cc(F)c3-2)[nH]1)C(=O)C(N)C(C)C. The average Bonchev–Trinajstić information content (AvgIpc) is 4.05. The number of nitrogens with zero attached hydrogens (tertiary/aromatic N) is 5. The normalized spacial score (nSPS) is 18.1. The number of carbonyl (C=O) groups is 2. The number of aromatic amines is 2. The molecule has 5 atom stereocenters. The quantitative estimate of drug-likeness (QED) is 0.0749. The summed E-state index contributed by atoms with van der Waals surface area (Å²) < 4.78 is 29.8. The van der Waals surface area contributed by atoms with Gasteiger partial charge in [0.1, 0.15) is 29.4 Å². The second-order valence-corrected chi connectivity index (χ2v) is 16.6. The molecule has 1 saturated heterocycles. The van der Waals surface area contributed by atoms with E-state index in [9.17, 15) is 14.7 Å². The molecule has 2 aromatic carbocycles. The van der Waals surface area contributed by atoms with Crippen molar-refractivity contribution in [1.82, 2.24) is 39.6 Å². The fraction of sp³-hybridized carbons (Fsp3) is 0.488. The molecule has 59 heavy (non-hydrogen) atoms. The molecule has 2 amide bonds. The predicted molar refractivity (Wildman–Crippen MR) is 225 cm³/mol. The number of halogens is 2. The van der Waals surface area contributed by atoms with Gasteiger partial charge in [-0.15, -0.1) is 0 Å². The topological polar surface area (TPSA) is 180 Å². The number of alkyl carbamates (subject to hydrolysis) is 1. The van der Waals surface area contributed by atoms with Gasteiger partial charge in [0.05, 0.1) is 77.4 Å².